The van der Waals surface area contributed by atoms with Crippen molar-refractivity contribution < 1.29 is 22.5 Å². The predicted molar refractivity (Wildman–Crippen MR) is 73.2 cm³/mol. The fourth-order valence-electron chi connectivity index (χ4n) is 2.30. The summed E-state index contributed by atoms with van der Waals surface area (Å²) in [6.45, 7) is 2.24. The van der Waals surface area contributed by atoms with Gasteiger partial charge in [-0.05, 0) is 30.7 Å². The summed E-state index contributed by atoms with van der Waals surface area (Å²) in [4.78, 5) is 0. The third-order valence-corrected chi connectivity index (χ3v) is 3.41. The highest BCUT2D eigenvalue weighted by atomic mass is 19.4. The molecule has 2 aromatic carbocycles. The Morgan fingerprint density at radius 1 is 1.05 bits per heavy atom. The number of ether oxygens (including phenoxy) is 1. The van der Waals surface area contributed by atoms with Gasteiger partial charge >= 0.3 is 6.18 Å². The number of para-hydroxylation sites is 1. The van der Waals surface area contributed by atoms with E-state index >= 15 is 0 Å². The lowest BCUT2D eigenvalue weighted by Gasteiger charge is -2.15. The summed E-state index contributed by atoms with van der Waals surface area (Å²) in [6, 6.07) is 10.8. The minimum Gasteiger partial charge on any atom is -0.435 e. The van der Waals surface area contributed by atoms with E-state index in [0.717, 1.165) is 29.0 Å². The molecule has 0 N–H and O–H groups in total. The molecule has 0 amide bonds. The quantitative estimate of drug-likeness (QED) is 0.720. The van der Waals surface area contributed by atoms with Gasteiger partial charge in [0.25, 0.3) is 6.73 Å². The smallest absolute Gasteiger partial charge is 0.416 e. The zero-order valence-corrected chi connectivity index (χ0v) is 11.3. The first-order valence-electron chi connectivity index (χ1n) is 6.46. The molecule has 0 radical (unpaired) electrons. The summed E-state index contributed by atoms with van der Waals surface area (Å²) in [5.74, 6) is 0.820. The fraction of sp³-hybridized carbons (Fsp3) is 0.188. The van der Waals surface area contributed by atoms with Crippen molar-refractivity contribution in [1.29, 1.82) is 0 Å². The van der Waals surface area contributed by atoms with E-state index in [9.17, 15) is 13.2 Å². The molecular weight excluding hydrogens is 279 g/mol. The summed E-state index contributed by atoms with van der Waals surface area (Å²) < 4.78 is 45.1. The Labute approximate surface area is 120 Å². The second-order valence-corrected chi connectivity index (χ2v) is 4.91. The average Bonchev–Trinajstić information content (AvgIpc) is 2.46. The van der Waals surface area contributed by atoms with Gasteiger partial charge in [0.05, 0.1) is 11.1 Å². The molecule has 0 saturated carbocycles. The number of benzene rings is 2. The number of hydrogen-bond acceptors (Lipinski definition) is 1. The third kappa shape index (κ3) is 2.63. The van der Waals surface area contributed by atoms with Crippen molar-refractivity contribution in [1.82, 2.24) is 0 Å². The van der Waals surface area contributed by atoms with E-state index in [-0.39, 0.29) is 6.73 Å². The molecule has 0 unspecified atom stereocenters. The minimum absolute atomic E-state index is 0.281. The van der Waals surface area contributed by atoms with Crippen molar-refractivity contribution >= 4 is 11.9 Å². The van der Waals surface area contributed by atoms with Gasteiger partial charge in [0.1, 0.15) is 5.75 Å². The SMILES string of the molecule is Cc1cccc2c1OC[N+](c1ccc(C(F)(F)F)cc1)=C2. The van der Waals surface area contributed by atoms with Crippen molar-refractivity contribution in [2.24, 2.45) is 0 Å². The number of halogens is 3. The molecule has 21 heavy (non-hydrogen) atoms. The molecule has 0 bridgehead atoms. The molecule has 0 atom stereocenters. The number of fused-ring (bicyclic) bond motifs is 1. The Balaban J connectivity index is 1.95. The Kier molecular flexibility index (Phi) is 3.20. The average molecular weight is 292 g/mol. The highest BCUT2D eigenvalue weighted by molar-refractivity contribution is 5.82. The van der Waals surface area contributed by atoms with Crippen LogP contribution in [0, 0.1) is 6.92 Å². The van der Waals surface area contributed by atoms with Gasteiger partial charge in [0, 0.05) is 12.1 Å². The van der Waals surface area contributed by atoms with Gasteiger partial charge in [-0.3, -0.25) is 0 Å². The lowest BCUT2D eigenvalue weighted by molar-refractivity contribution is -0.476. The maximum atomic E-state index is 12.6. The Morgan fingerprint density at radius 3 is 2.43 bits per heavy atom. The van der Waals surface area contributed by atoms with Crippen LogP contribution in [0.15, 0.2) is 42.5 Å². The van der Waals surface area contributed by atoms with Gasteiger partial charge < -0.3 is 4.74 Å². The standard InChI is InChI=1S/C16H13F3NO/c1-11-3-2-4-12-9-20(10-21-15(11)12)14-7-5-13(6-8-14)16(17,18)19/h2-9H,10H2,1H3/q+1. The van der Waals surface area contributed by atoms with Crippen LogP contribution in [-0.4, -0.2) is 17.5 Å². The van der Waals surface area contributed by atoms with Crippen molar-refractivity contribution in [3.8, 4) is 5.75 Å². The monoisotopic (exact) mass is 292 g/mol. The Morgan fingerprint density at radius 2 is 1.76 bits per heavy atom. The Bertz CT molecular complexity index is 702. The van der Waals surface area contributed by atoms with Gasteiger partial charge in [-0.2, -0.15) is 17.7 Å². The van der Waals surface area contributed by atoms with Crippen LogP contribution in [0.1, 0.15) is 16.7 Å². The van der Waals surface area contributed by atoms with Gasteiger partial charge in [-0.25, -0.2) is 0 Å². The summed E-state index contributed by atoms with van der Waals surface area (Å²) >= 11 is 0. The lowest BCUT2D eigenvalue weighted by atomic mass is 10.1. The van der Waals surface area contributed by atoms with E-state index in [1.54, 1.807) is 4.58 Å². The number of hydrogen-bond donors (Lipinski definition) is 0. The second-order valence-electron chi connectivity index (χ2n) is 4.91. The molecule has 3 rings (SSSR count). The van der Waals surface area contributed by atoms with Crippen LogP contribution in [0.3, 0.4) is 0 Å². The van der Waals surface area contributed by atoms with E-state index in [1.807, 2.05) is 31.3 Å². The van der Waals surface area contributed by atoms with Crippen LogP contribution >= 0.6 is 0 Å². The molecule has 1 heterocycles. The van der Waals surface area contributed by atoms with Gasteiger partial charge in [0.15, 0.2) is 6.21 Å². The molecule has 1 aliphatic rings. The lowest BCUT2D eigenvalue weighted by Crippen LogP contribution is -2.21. The van der Waals surface area contributed by atoms with E-state index in [1.165, 1.54) is 12.1 Å². The largest absolute Gasteiger partial charge is 0.435 e. The normalized spacial score (nSPS) is 14.2. The number of aryl methyl sites for hydroxylation is 1. The summed E-state index contributed by atoms with van der Waals surface area (Å²) in [6.07, 6.45) is -2.43. The van der Waals surface area contributed by atoms with Crippen molar-refractivity contribution in [3.05, 3.63) is 59.2 Å². The van der Waals surface area contributed by atoms with Crippen molar-refractivity contribution in [2.45, 2.75) is 13.1 Å². The highest BCUT2D eigenvalue weighted by Crippen LogP contribution is 2.31. The first kappa shape index (κ1) is 13.7. The molecule has 5 heteroatoms. The van der Waals surface area contributed by atoms with E-state index in [2.05, 4.69) is 0 Å². The molecular formula is C16H13F3NO+. The van der Waals surface area contributed by atoms with Gasteiger partial charge in [-0.1, -0.05) is 12.1 Å². The number of nitrogens with zero attached hydrogens (tertiary/aromatic N) is 1. The van der Waals surface area contributed by atoms with Gasteiger partial charge in [0.2, 0.25) is 5.69 Å². The van der Waals surface area contributed by atoms with Crippen LogP contribution < -0.4 is 4.74 Å². The van der Waals surface area contributed by atoms with Crippen molar-refractivity contribution in [2.75, 3.05) is 6.73 Å². The molecule has 0 aliphatic carbocycles. The summed E-state index contributed by atoms with van der Waals surface area (Å²) in [7, 11) is 0. The van der Waals surface area contributed by atoms with Crippen LogP contribution in [0.4, 0.5) is 18.9 Å². The molecule has 0 spiro atoms. The first-order chi connectivity index (χ1) is 9.95. The predicted octanol–water partition coefficient (Wildman–Crippen LogP) is 4.13. The van der Waals surface area contributed by atoms with E-state index in [0.29, 0.717) is 5.69 Å². The topological polar surface area (TPSA) is 12.2 Å². The molecule has 0 fully saturated rings. The maximum absolute atomic E-state index is 12.6. The van der Waals surface area contributed by atoms with Gasteiger partial charge in [-0.15, -0.1) is 0 Å². The Hall–Kier alpha value is -2.30. The fourth-order valence-corrected chi connectivity index (χ4v) is 2.30. The third-order valence-electron chi connectivity index (χ3n) is 3.41. The van der Waals surface area contributed by atoms with Crippen molar-refractivity contribution in [3.63, 3.8) is 0 Å². The van der Waals surface area contributed by atoms with Crippen LogP contribution in [-0.2, 0) is 6.18 Å². The summed E-state index contributed by atoms with van der Waals surface area (Å²) in [5, 5.41) is 0. The number of rotatable bonds is 1. The molecule has 108 valence electrons. The van der Waals surface area contributed by atoms with Crippen LogP contribution in [0.2, 0.25) is 0 Å². The second kappa shape index (κ2) is 4.91. The van der Waals surface area contributed by atoms with Crippen LogP contribution in [0.25, 0.3) is 0 Å². The molecule has 0 saturated heterocycles. The molecule has 0 aromatic heterocycles. The highest BCUT2D eigenvalue weighted by Gasteiger charge is 2.30. The molecule has 2 aromatic rings. The summed E-state index contributed by atoms with van der Waals surface area (Å²) in [5.41, 5.74) is 1.97. The molecule has 2 nitrogen and oxygen atoms in total. The minimum atomic E-state index is -4.32. The zero-order valence-electron chi connectivity index (χ0n) is 11.3. The van der Waals surface area contributed by atoms with Crippen LogP contribution in [0.5, 0.6) is 5.75 Å². The first-order valence-corrected chi connectivity index (χ1v) is 6.46. The number of alkyl halides is 3. The van der Waals surface area contributed by atoms with E-state index < -0.39 is 11.7 Å². The molecule has 1 aliphatic heterocycles. The van der Waals surface area contributed by atoms with E-state index in [4.69, 9.17) is 4.74 Å². The zero-order chi connectivity index (χ0) is 15.0. The maximum Gasteiger partial charge on any atom is 0.416 e.